The number of ether oxygens (including phenoxy) is 1. The van der Waals surface area contributed by atoms with Crippen LogP contribution in [0.4, 0.5) is 0 Å². The summed E-state index contributed by atoms with van der Waals surface area (Å²) >= 11 is 0. The van der Waals surface area contributed by atoms with Crippen LogP contribution in [0.3, 0.4) is 0 Å². The zero-order chi connectivity index (χ0) is 17.4. The van der Waals surface area contributed by atoms with E-state index in [4.69, 9.17) is 9.26 Å². The van der Waals surface area contributed by atoms with Gasteiger partial charge in [0.15, 0.2) is 0 Å². The summed E-state index contributed by atoms with van der Waals surface area (Å²) in [6.07, 6.45) is 0.917. The van der Waals surface area contributed by atoms with Crippen LogP contribution in [0.2, 0.25) is 0 Å². The van der Waals surface area contributed by atoms with Gasteiger partial charge in [0, 0.05) is 29.8 Å². The summed E-state index contributed by atoms with van der Waals surface area (Å²) in [7, 11) is 0. The van der Waals surface area contributed by atoms with Crippen molar-refractivity contribution >= 4 is 16.8 Å². The van der Waals surface area contributed by atoms with Gasteiger partial charge in [0.1, 0.15) is 0 Å². The first-order chi connectivity index (χ1) is 12.1. The maximum absolute atomic E-state index is 12.4. The molecule has 2 aromatic heterocycles. The van der Waals surface area contributed by atoms with E-state index in [-0.39, 0.29) is 23.6 Å². The van der Waals surface area contributed by atoms with Crippen LogP contribution in [-0.4, -0.2) is 29.3 Å². The molecule has 2 N–H and O–H groups in total. The molecule has 1 aliphatic heterocycles. The number of aromatic nitrogens is 2. The molecule has 6 nitrogen and oxygen atoms in total. The molecular weight excluding hydrogens is 318 g/mol. The number of hydrogen-bond acceptors (Lipinski definition) is 4. The number of fused-ring (bicyclic) bond motifs is 1. The van der Waals surface area contributed by atoms with Gasteiger partial charge in [-0.1, -0.05) is 11.2 Å². The highest BCUT2D eigenvalue weighted by Gasteiger charge is 2.24. The van der Waals surface area contributed by atoms with Crippen LogP contribution < -0.4 is 5.32 Å². The maximum Gasteiger partial charge on any atom is 0.290 e. The Morgan fingerprint density at radius 2 is 2.24 bits per heavy atom. The number of hydrogen-bond donors (Lipinski definition) is 2. The molecule has 0 saturated carbocycles. The molecule has 2 atom stereocenters. The molecule has 0 spiro atoms. The Bertz CT molecular complexity index is 906. The Labute approximate surface area is 145 Å². The van der Waals surface area contributed by atoms with Crippen molar-refractivity contribution in [2.75, 3.05) is 13.2 Å². The van der Waals surface area contributed by atoms with Gasteiger partial charge in [0.2, 0.25) is 5.76 Å². The first-order valence-corrected chi connectivity index (χ1v) is 8.54. The number of aryl methyl sites for hydroxylation is 1. The molecule has 1 aliphatic rings. The van der Waals surface area contributed by atoms with Gasteiger partial charge in [0.05, 0.1) is 18.3 Å². The lowest BCUT2D eigenvalue weighted by Crippen LogP contribution is -2.26. The van der Waals surface area contributed by atoms with Crippen molar-refractivity contribution in [3.05, 3.63) is 53.0 Å². The summed E-state index contributed by atoms with van der Waals surface area (Å²) in [5, 5.41) is 8.13. The fourth-order valence-corrected chi connectivity index (χ4v) is 3.27. The van der Waals surface area contributed by atoms with Crippen LogP contribution in [0.25, 0.3) is 10.9 Å². The molecule has 1 saturated heterocycles. The lowest BCUT2D eigenvalue weighted by atomic mass is 10.0. The molecule has 3 aromatic rings. The zero-order valence-electron chi connectivity index (χ0n) is 14.3. The van der Waals surface area contributed by atoms with Gasteiger partial charge in [0.25, 0.3) is 5.91 Å². The Kier molecular flexibility index (Phi) is 4.05. The lowest BCUT2D eigenvalue weighted by Gasteiger charge is -2.13. The van der Waals surface area contributed by atoms with Gasteiger partial charge in [-0.05, 0) is 49.4 Å². The van der Waals surface area contributed by atoms with Crippen molar-refractivity contribution in [2.45, 2.75) is 32.2 Å². The molecule has 4 rings (SSSR count). The SMILES string of the molecule is Cc1cc2cc(C(C)NC(=O)c3cc(C4CCOC4)no3)ccc2[nH]1. The number of H-pyrrole nitrogens is 1. The van der Waals surface area contributed by atoms with Crippen molar-refractivity contribution in [1.29, 1.82) is 0 Å². The Balaban J connectivity index is 1.47. The number of rotatable bonds is 4. The molecule has 1 fully saturated rings. The van der Waals surface area contributed by atoms with E-state index in [1.54, 1.807) is 6.07 Å². The largest absolute Gasteiger partial charge is 0.381 e. The monoisotopic (exact) mass is 339 g/mol. The van der Waals surface area contributed by atoms with Crippen LogP contribution in [-0.2, 0) is 4.74 Å². The normalized spacial score (nSPS) is 18.6. The predicted octanol–water partition coefficient (Wildman–Crippen LogP) is 3.46. The molecule has 1 amide bonds. The smallest absolute Gasteiger partial charge is 0.290 e. The second-order valence-electron chi connectivity index (χ2n) is 6.67. The van der Waals surface area contributed by atoms with E-state index >= 15 is 0 Å². The minimum atomic E-state index is -0.254. The highest BCUT2D eigenvalue weighted by Crippen LogP contribution is 2.25. The van der Waals surface area contributed by atoms with E-state index in [9.17, 15) is 4.79 Å². The van der Waals surface area contributed by atoms with E-state index in [0.717, 1.165) is 40.9 Å². The topological polar surface area (TPSA) is 80.2 Å². The highest BCUT2D eigenvalue weighted by molar-refractivity contribution is 5.91. The van der Waals surface area contributed by atoms with E-state index in [1.807, 2.05) is 26.0 Å². The molecule has 0 radical (unpaired) electrons. The van der Waals surface area contributed by atoms with Crippen LogP contribution in [0.15, 0.2) is 34.9 Å². The van der Waals surface area contributed by atoms with E-state index in [1.165, 1.54) is 0 Å². The third kappa shape index (κ3) is 3.17. The summed E-state index contributed by atoms with van der Waals surface area (Å²) in [5.74, 6) is 0.213. The third-order valence-electron chi connectivity index (χ3n) is 4.73. The van der Waals surface area contributed by atoms with Gasteiger partial charge in [-0.15, -0.1) is 0 Å². The van der Waals surface area contributed by atoms with E-state index in [0.29, 0.717) is 6.61 Å². The number of benzene rings is 1. The molecule has 3 heterocycles. The van der Waals surface area contributed by atoms with Crippen LogP contribution in [0.1, 0.15) is 52.8 Å². The molecule has 6 heteroatoms. The number of aromatic amines is 1. The first-order valence-electron chi connectivity index (χ1n) is 8.54. The van der Waals surface area contributed by atoms with Gasteiger partial charge in [-0.25, -0.2) is 0 Å². The number of amides is 1. The van der Waals surface area contributed by atoms with Crippen molar-refractivity contribution in [1.82, 2.24) is 15.5 Å². The second-order valence-corrected chi connectivity index (χ2v) is 6.67. The van der Waals surface area contributed by atoms with Crippen LogP contribution in [0.5, 0.6) is 0 Å². The summed E-state index contributed by atoms with van der Waals surface area (Å²) in [5.41, 5.74) is 4.05. The summed E-state index contributed by atoms with van der Waals surface area (Å²) in [4.78, 5) is 15.7. The van der Waals surface area contributed by atoms with Crippen LogP contribution >= 0.6 is 0 Å². The number of nitrogens with zero attached hydrogens (tertiary/aromatic N) is 1. The molecule has 130 valence electrons. The van der Waals surface area contributed by atoms with Gasteiger partial charge < -0.3 is 19.6 Å². The minimum absolute atomic E-state index is 0.129. The summed E-state index contributed by atoms with van der Waals surface area (Å²) in [6, 6.07) is 9.83. The molecule has 25 heavy (non-hydrogen) atoms. The third-order valence-corrected chi connectivity index (χ3v) is 4.73. The van der Waals surface area contributed by atoms with Gasteiger partial charge in [-0.3, -0.25) is 4.79 Å². The predicted molar refractivity (Wildman–Crippen MR) is 93.6 cm³/mol. The number of nitrogens with one attached hydrogen (secondary N) is 2. The van der Waals surface area contributed by atoms with Gasteiger partial charge >= 0.3 is 0 Å². The lowest BCUT2D eigenvalue weighted by molar-refractivity contribution is 0.0902. The van der Waals surface area contributed by atoms with Crippen molar-refractivity contribution in [3.8, 4) is 0 Å². The quantitative estimate of drug-likeness (QED) is 0.763. The van der Waals surface area contributed by atoms with Crippen LogP contribution in [0, 0.1) is 6.92 Å². The van der Waals surface area contributed by atoms with E-state index in [2.05, 4.69) is 27.6 Å². The number of carbonyl (C=O) groups is 1. The fourth-order valence-electron chi connectivity index (χ4n) is 3.27. The minimum Gasteiger partial charge on any atom is -0.381 e. The van der Waals surface area contributed by atoms with Crippen molar-refractivity contribution in [2.24, 2.45) is 0 Å². The molecule has 2 unspecified atom stereocenters. The molecule has 0 aliphatic carbocycles. The second kappa shape index (κ2) is 6.37. The van der Waals surface area contributed by atoms with Crippen molar-refractivity contribution in [3.63, 3.8) is 0 Å². The standard InChI is InChI=1S/C19H21N3O3/c1-11-7-15-8-13(3-4-16(15)20-11)12(2)21-19(23)18-9-17(22-25-18)14-5-6-24-10-14/h3-4,7-9,12,14,20H,5-6,10H2,1-2H3,(H,21,23). The molecular formula is C19H21N3O3. The fraction of sp³-hybridized carbons (Fsp3) is 0.368. The average molecular weight is 339 g/mol. The zero-order valence-corrected chi connectivity index (χ0v) is 14.3. The maximum atomic E-state index is 12.4. The van der Waals surface area contributed by atoms with Crippen molar-refractivity contribution < 1.29 is 14.1 Å². The number of carbonyl (C=O) groups excluding carboxylic acids is 1. The highest BCUT2D eigenvalue weighted by atomic mass is 16.5. The molecule has 0 bridgehead atoms. The average Bonchev–Trinajstić information content (AvgIpc) is 3.32. The summed E-state index contributed by atoms with van der Waals surface area (Å²) < 4.78 is 10.6. The van der Waals surface area contributed by atoms with E-state index < -0.39 is 0 Å². The molecule has 1 aromatic carbocycles. The Morgan fingerprint density at radius 1 is 1.36 bits per heavy atom. The first kappa shape index (κ1) is 15.9. The summed E-state index contributed by atoms with van der Waals surface area (Å²) in [6.45, 7) is 5.36. The Morgan fingerprint density at radius 3 is 3.04 bits per heavy atom. The Hall–Kier alpha value is -2.60. The van der Waals surface area contributed by atoms with Gasteiger partial charge in [-0.2, -0.15) is 0 Å².